The van der Waals surface area contributed by atoms with Crippen LogP contribution in [0.25, 0.3) is 0 Å². The second kappa shape index (κ2) is 7.78. The summed E-state index contributed by atoms with van der Waals surface area (Å²) >= 11 is 0. The minimum atomic E-state index is -0.405. The van der Waals surface area contributed by atoms with Gasteiger partial charge in [-0.25, -0.2) is 4.90 Å². The van der Waals surface area contributed by atoms with Gasteiger partial charge in [0, 0.05) is 19.0 Å². The molecule has 0 unspecified atom stereocenters. The molecule has 3 aliphatic heterocycles. The van der Waals surface area contributed by atoms with E-state index in [1.54, 1.807) is 12.1 Å². The third-order valence-corrected chi connectivity index (χ3v) is 5.78. The van der Waals surface area contributed by atoms with Crippen LogP contribution in [0.5, 0.6) is 0 Å². The summed E-state index contributed by atoms with van der Waals surface area (Å²) in [6, 6.07) is 8.67. The lowest BCUT2D eigenvalue weighted by Crippen LogP contribution is -2.50. The van der Waals surface area contributed by atoms with Gasteiger partial charge in [-0.15, -0.1) is 0 Å². The summed E-state index contributed by atoms with van der Waals surface area (Å²) < 4.78 is 5.31. The Labute approximate surface area is 158 Å². The van der Waals surface area contributed by atoms with Gasteiger partial charge in [0.05, 0.1) is 31.4 Å². The number of anilines is 1. The lowest BCUT2D eigenvalue weighted by molar-refractivity contribution is -0.141. The maximum atomic E-state index is 12.9. The summed E-state index contributed by atoms with van der Waals surface area (Å²) in [5, 5.41) is 0. The van der Waals surface area contributed by atoms with Crippen LogP contribution < -0.4 is 4.90 Å². The van der Waals surface area contributed by atoms with Crippen LogP contribution in [0.3, 0.4) is 0 Å². The van der Waals surface area contributed by atoms with Crippen LogP contribution in [-0.2, 0) is 19.1 Å². The zero-order valence-electron chi connectivity index (χ0n) is 15.4. The fourth-order valence-electron chi connectivity index (χ4n) is 4.25. The molecule has 0 radical (unpaired) electrons. The first-order valence-electron chi connectivity index (χ1n) is 9.67. The van der Waals surface area contributed by atoms with Crippen LogP contribution in [0.1, 0.15) is 19.3 Å². The number of rotatable bonds is 3. The van der Waals surface area contributed by atoms with E-state index in [0.717, 1.165) is 12.8 Å². The number of morpholine rings is 1. The smallest absolute Gasteiger partial charge is 0.251 e. The molecule has 1 aromatic rings. The molecule has 27 heavy (non-hydrogen) atoms. The summed E-state index contributed by atoms with van der Waals surface area (Å²) in [5.41, 5.74) is 0.632. The Balaban J connectivity index is 1.36. The second-order valence-corrected chi connectivity index (χ2v) is 7.37. The molecule has 3 heterocycles. The van der Waals surface area contributed by atoms with E-state index in [1.165, 1.54) is 4.90 Å². The van der Waals surface area contributed by atoms with Crippen molar-refractivity contribution < 1.29 is 19.1 Å². The van der Waals surface area contributed by atoms with Crippen molar-refractivity contribution in [1.29, 1.82) is 0 Å². The van der Waals surface area contributed by atoms with Crippen LogP contribution in [0.2, 0.25) is 0 Å². The quantitative estimate of drug-likeness (QED) is 0.738. The number of amides is 3. The summed E-state index contributed by atoms with van der Waals surface area (Å²) in [5.74, 6) is -0.0821. The molecule has 7 nitrogen and oxygen atoms in total. The van der Waals surface area contributed by atoms with Crippen molar-refractivity contribution in [2.45, 2.75) is 25.3 Å². The van der Waals surface area contributed by atoms with Crippen molar-refractivity contribution in [3.05, 3.63) is 30.3 Å². The molecule has 0 bridgehead atoms. The molecule has 3 saturated heterocycles. The number of ether oxygens (including phenoxy) is 1. The van der Waals surface area contributed by atoms with E-state index in [2.05, 4.69) is 4.90 Å². The second-order valence-electron chi connectivity index (χ2n) is 7.37. The van der Waals surface area contributed by atoms with Gasteiger partial charge in [0.1, 0.15) is 0 Å². The van der Waals surface area contributed by atoms with Crippen LogP contribution in [0, 0.1) is 5.92 Å². The number of para-hydroxylation sites is 1. The van der Waals surface area contributed by atoms with E-state index < -0.39 is 6.04 Å². The van der Waals surface area contributed by atoms with E-state index in [0.29, 0.717) is 45.1 Å². The first kappa shape index (κ1) is 18.1. The molecule has 0 N–H and O–H groups in total. The Morgan fingerprint density at radius 3 is 2.30 bits per heavy atom. The van der Waals surface area contributed by atoms with Crippen molar-refractivity contribution in [3.8, 4) is 0 Å². The van der Waals surface area contributed by atoms with Gasteiger partial charge >= 0.3 is 0 Å². The molecule has 144 valence electrons. The highest BCUT2D eigenvalue weighted by atomic mass is 16.5. The molecule has 0 aliphatic carbocycles. The zero-order valence-corrected chi connectivity index (χ0v) is 15.4. The number of imide groups is 1. The summed E-state index contributed by atoms with van der Waals surface area (Å²) in [6.45, 7) is 3.90. The van der Waals surface area contributed by atoms with Crippen molar-refractivity contribution in [2.24, 2.45) is 5.92 Å². The summed E-state index contributed by atoms with van der Waals surface area (Å²) in [6.07, 6.45) is 1.69. The minimum Gasteiger partial charge on any atom is -0.378 e. The molecule has 0 saturated carbocycles. The summed E-state index contributed by atoms with van der Waals surface area (Å²) in [4.78, 5) is 43.2. The highest BCUT2D eigenvalue weighted by molar-refractivity contribution is 6.22. The van der Waals surface area contributed by atoms with Crippen LogP contribution in [0.15, 0.2) is 30.3 Å². The SMILES string of the molecule is O=C(C1CCN([C@@H]2CC(=O)N(c3ccccc3)C2=O)CC1)N1CCOCC1. The summed E-state index contributed by atoms with van der Waals surface area (Å²) in [7, 11) is 0. The molecule has 3 fully saturated rings. The molecule has 1 atom stereocenters. The fourth-order valence-corrected chi connectivity index (χ4v) is 4.25. The molecular formula is C20H25N3O4. The van der Waals surface area contributed by atoms with E-state index >= 15 is 0 Å². The lowest BCUT2D eigenvalue weighted by Gasteiger charge is -2.37. The van der Waals surface area contributed by atoms with Crippen molar-refractivity contribution in [2.75, 3.05) is 44.3 Å². The zero-order chi connectivity index (χ0) is 18.8. The van der Waals surface area contributed by atoms with Gasteiger partial charge < -0.3 is 9.64 Å². The van der Waals surface area contributed by atoms with Crippen molar-refractivity contribution in [3.63, 3.8) is 0 Å². The van der Waals surface area contributed by atoms with E-state index in [-0.39, 0.29) is 30.1 Å². The Bertz CT molecular complexity index is 709. The monoisotopic (exact) mass is 371 g/mol. The van der Waals surface area contributed by atoms with Crippen molar-refractivity contribution >= 4 is 23.4 Å². The maximum Gasteiger partial charge on any atom is 0.251 e. The number of piperidine rings is 1. The van der Waals surface area contributed by atoms with Crippen LogP contribution in [0.4, 0.5) is 5.69 Å². The minimum absolute atomic E-state index is 0.0109. The highest BCUT2D eigenvalue weighted by Gasteiger charge is 2.44. The lowest BCUT2D eigenvalue weighted by atomic mass is 9.94. The molecule has 4 rings (SSSR count). The average molecular weight is 371 g/mol. The first-order valence-corrected chi connectivity index (χ1v) is 9.67. The van der Waals surface area contributed by atoms with Gasteiger partial charge in [0.15, 0.2) is 0 Å². The molecule has 3 amide bonds. The van der Waals surface area contributed by atoms with Gasteiger partial charge in [-0.3, -0.25) is 19.3 Å². The van der Waals surface area contributed by atoms with Gasteiger partial charge in [0.25, 0.3) is 5.91 Å². The van der Waals surface area contributed by atoms with E-state index in [4.69, 9.17) is 4.74 Å². The highest BCUT2D eigenvalue weighted by Crippen LogP contribution is 2.29. The third-order valence-electron chi connectivity index (χ3n) is 5.78. The Morgan fingerprint density at radius 2 is 1.63 bits per heavy atom. The number of carbonyl (C=O) groups excluding carboxylic acids is 3. The Kier molecular flexibility index (Phi) is 5.22. The predicted molar refractivity (Wildman–Crippen MR) is 99.0 cm³/mol. The van der Waals surface area contributed by atoms with Gasteiger partial charge in [-0.05, 0) is 38.1 Å². The standard InChI is InChI=1S/C20H25N3O4/c24-18-14-17(20(26)23(18)16-4-2-1-3-5-16)21-8-6-15(7-9-21)19(25)22-10-12-27-13-11-22/h1-5,15,17H,6-14H2/t17-/m1/s1. The first-order chi connectivity index (χ1) is 13.1. The van der Waals surface area contributed by atoms with Crippen molar-refractivity contribution in [1.82, 2.24) is 9.80 Å². The van der Waals surface area contributed by atoms with Gasteiger partial charge in [-0.1, -0.05) is 18.2 Å². The number of likely N-dealkylation sites (tertiary alicyclic amines) is 1. The topological polar surface area (TPSA) is 70.2 Å². The third kappa shape index (κ3) is 3.61. The molecule has 7 heteroatoms. The molecule has 0 aromatic heterocycles. The van der Waals surface area contributed by atoms with E-state index in [1.807, 2.05) is 23.1 Å². The fraction of sp³-hybridized carbons (Fsp3) is 0.550. The number of hydrogen-bond acceptors (Lipinski definition) is 5. The Morgan fingerprint density at radius 1 is 0.963 bits per heavy atom. The van der Waals surface area contributed by atoms with Crippen LogP contribution in [-0.4, -0.2) is 73.0 Å². The molecule has 0 spiro atoms. The molecule has 1 aromatic carbocycles. The number of hydrogen-bond donors (Lipinski definition) is 0. The molecular weight excluding hydrogens is 346 g/mol. The average Bonchev–Trinajstić information content (AvgIpc) is 3.03. The predicted octanol–water partition coefficient (Wildman–Crippen LogP) is 0.889. The van der Waals surface area contributed by atoms with Gasteiger partial charge in [-0.2, -0.15) is 0 Å². The Hall–Kier alpha value is -2.25. The number of benzene rings is 1. The van der Waals surface area contributed by atoms with Crippen LogP contribution >= 0.6 is 0 Å². The van der Waals surface area contributed by atoms with E-state index in [9.17, 15) is 14.4 Å². The van der Waals surface area contributed by atoms with Gasteiger partial charge in [0.2, 0.25) is 11.8 Å². The molecule has 3 aliphatic rings. The number of carbonyl (C=O) groups is 3. The normalized spacial score (nSPS) is 25.3. The maximum absolute atomic E-state index is 12.9. The largest absolute Gasteiger partial charge is 0.378 e. The number of nitrogens with zero attached hydrogens (tertiary/aromatic N) is 3.